The zero-order valence-corrected chi connectivity index (χ0v) is 14.9. The predicted octanol–water partition coefficient (Wildman–Crippen LogP) is 2.51. The van der Waals surface area contributed by atoms with Gasteiger partial charge in [-0.15, -0.1) is 11.8 Å². The summed E-state index contributed by atoms with van der Waals surface area (Å²) in [5, 5.41) is 11.1. The number of rotatable bonds is 5. The third-order valence-corrected chi connectivity index (χ3v) is 6.64. The zero-order chi connectivity index (χ0) is 17.2. The van der Waals surface area contributed by atoms with Crippen molar-refractivity contribution in [1.29, 1.82) is 0 Å². The van der Waals surface area contributed by atoms with Gasteiger partial charge < -0.3 is 10.6 Å². The molecule has 0 radical (unpaired) electrons. The van der Waals surface area contributed by atoms with E-state index < -0.39 is 10.0 Å². The Labute approximate surface area is 148 Å². The Bertz CT molecular complexity index is 829. The molecule has 1 heterocycles. The Morgan fingerprint density at radius 1 is 1.21 bits per heavy atom. The van der Waals surface area contributed by atoms with Crippen LogP contribution in [0.25, 0.3) is 0 Å². The highest BCUT2D eigenvalue weighted by Gasteiger charge is 2.21. The average molecular weight is 382 g/mol. The maximum absolute atomic E-state index is 12.0. The largest absolute Gasteiger partial charge is 0.364 e. The first kappa shape index (κ1) is 17.2. The molecule has 126 valence electrons. The van der Waals surface area contributed by atoms with Crippen LogP contribution in [0, 0.1) is 0 Å². The minimum atomic E-state index is -3.72. The monoisotopic (exact) mass is 381 g/mol. The summed E-state index contributed by atoms with van der Waals surface area (Å²) in [5.74, 6) is 0.136. The van der Waals surface area contributed by atoms with Gasteiger partial charge in [0.25, 0.3) is 0 Å². The number of carbonyl (C=O) groups excluding carboxylic acids is 1. The molecule has 1 amide bonds. The lowest BCUT2D eigenvalue weighted by atomic mass is 10.3. The van der Waals surface area contributed by atoms with Crippen molar-refractivity contribution in [2.45, 2.75) is 14.5 Å². The number of anilines is 2. The van der Waals surface area contributed by atoms with Crippen LogP contribution in [0.1, 0.15) is 0 Å². The first-order valence-electron chi connectivity index (χ1n) is 6.98. The van der Waals surface area contributed by atoms with Crippen LogP contribution < -0.4 is 15.8 Å². The molecule has 0 saturated carbocycles. The van der Waals surface area contributed by atoms with E-state index in [1.165, 1.54) is 40.9 Å². The van der Waals surface area contributed by atoms with E-state index in [9.17, 15) is 13.2 Å². The summed E-state index contributed by atoms with van der Waals surface area (Å²) in [6.07, 6.45) is 0. The number of fused-ring (bicyclic) bond motifs is 1. The molecule has 0 bridgehead atoms. The van der Waals surface area contributed by atoms with Crippen LogP contribution in [-0.2, 0) is 14.8 Å². The van der Waals surface area contributed by atoms with Crippen LogP contribution in [-0.4, -0.2) is 24.8 Å². The Hall–Kier alpha value is -1.68. The van der Waals surface area contributed by atoms with E-state index >= 15 is 0 Å². The van der Waals surface area contributed by atoms with Crippen LogP contribution in [0.2, 0.25) is 0 Å². The lowest BCUT2D eigenvalue weighted by molar-refractivity contribution is -0.113. The molecule has 1 atom stereocenters. The van der Waals surface area contributed by atoms with Crippen LogP contribution in [0.4, 0.5) is 11.4 Å². The van der Waals surface area contributed by atoms with Gasteiger partial charge in [0.1, 0.15) is 4.71 Å². The molecule has 1 aliphatic rings. The van der Waals surface area contributed by atoms with Crippen molar-refractivity contribution < 1.29 is 13.2 Å². The van der Waals surface area contributed by atoms with Gasteiger partial charge in [0.2, 0.25) is 15.9 Å². The van der Waals surface area contributed by atoms with E-state index in [0.29, 0.717) is 5.69 Å². The Balaban J connectivity index is 1.50. The number of nitrogens with one attached hydrogen (secondary N) is 2. The summed E-state index contributed by atoms with van der Waals surface area (Å²) >= 11 is 3.18. The van der Waals surface area contributed by atoms with E-state index in [1.807, 2.05) is 24.3 Å². The molecule has 0 fully saturated rings. The molecule has 2 aromatic rings. The minimum absolute atomic E-state index is 0.0131. The van der Waals surface area contributed by atoms with Crippen molar-refractivity contribution in [3.8, 4) is 0 Å². The molecule has 3 rings (SSSR count). The second kappa shape index (κ2) is 7.06. The Morgan fingerprint density at radius 3 is 2.58 bits per heavy atom. The van der Waals surface area contributed by atoms with Gasteiger partial charge in [-0.25, -0.2) is 13.6 Å². The van der Waals surface area contributed by atoms with Gasteiger partial charge in [-0.3, -0.25) is 4.79 Å². The molecular formula is C15H15N3O3S3. The number of nitrogens with two attached hydrogens (primary N) is 1. The number of thioether (sulfide) groups is 2. The summed E-state index contributed by atoms with van der Waals surface area (Å²) in [4.78, 5) is 13.2. The number of benzene rings is 2. The molecule has 0 spiro atoms. The normalized spacial score (nSPS) is 16.3. The topological polar surface area (TPSA) is 101 Å². The van der Waals surface area contributed by atoms with Gasteiger partial charge >= 0.3 is 0 Å². The van der Waals surface area contributed by atoms with Crippen molar-refractivity contribution in [1.82, 2.24) is 0 Å². The van der Waals surface area contributed by atoms with Gasteiger partial charge in [0.05, 0.1) is 10.6 Å². The third kappa shape index (κ3) is 4.23. The predicted molar refractivity (Wildman–Crippen MR) is 98.6 cm³/mol. The van der Waals surface area contributed by atoms with Crippen molar-refractivity contribution >= 4 is 50.8 Å². The molecule has 24 heavy (non-hydrogen) atoms. The van der Waals surface area contributed by atoms with Gasteiger partial charge in [-0.05, 0) is 36.4 Å². The van der Waals surface area contributed by atoms with E-state index in [2.05, 4.69) is 10.6 Å². The molecule has 6 nitrogen and oxygen atoms in total. The van der Waals surface area contributed by atoms with Gasteiger partial charge in [-0.2, -0.15) is 0 Å². The van der Waals surface area contributed by atoms with Crippen molar-refractivity contribution in [3.05, 3.63) is 48.5 Å². The highest BCUT2D eigenvalue weighted by atomic mass is 32.2. The first-order chi connectivity index (χ1) is 11.4. The molecule has 9 heteroatoms. The Morgan fingerprint density at radius 2 is 1.92 bits per heavy atom. The molecule has 2 aromatic carbocycles. The average Bonchev–Trinajstić information content (AvgIpc) is 2.95. The lowest BCUT2D eigenvalue weighted by Crippen LogP contribution is -2.17. The van der Waals surface area contributed by atoms with Crippen LogP contribution in [0.3, 0.4) is 0 Å². The number of carbonyl (C=O) groups is 1. The van der Waals surface area contributed by atoms with Crippen molar-refractivity contribution in [2.75, 3.05) is 16.4 Å². The summed E-state index contributed by atoms with van der Waals surface area (Å²) in [7, 11) is -3.72. The summed E-state index contributed by atoms with van der Waals surface area (Å²) < 4.78 is 22.5. The maximum atomic E-state index is 12.0. The second-order valence-electron chi connectivity index (χ2n) is 5.02. The summed E-state index contributed by atoms with van der Waals surface area (Å²) in [6.45, 7) is 0. The molecule has 0 saturated heterocycles. The number of amides is 1. The Kier molecular flexibility index (Phi) is 5.04. The van der Waals surface area contributed by atoms with Crippen LogP contribution in [0.5, 0.6) is 0 Å². The highest BCUT2D eigenvalue weighted by Crippen LogP contribution is 2.42. The quantitative estimate of drug-likeness (QED) is 0.736. The number of para-hydroxylation sites is 1. The summed E-state index contributed by atoms with van der Waals surface area (Å²) in [6, 6.07) is 13.8. The maximum Gasteiger partial charge on any atom is 0.238 e. The van der Waals surface area contributed by atoms with Gasteiger partial charge in [0.15, 0.2) is 0 Å². The third-order valence-electron chi connectivity index (χ3n) is 3.23. The standard InChI is InChI=1S/C15H15N3O3S3/c16-24(20,21)11-7-5-10(6-8-11)17-14(19)9-22-15-18-12-3-1-2-4-13(12)23-15/h1-8,15,18H,9H2,(H,17,19)(H2,16,20,21). The summed E-state index contributed by atoms with van der Waals surface area (Å²) in [5.41, 5.74) is 1.61. The van der Waals surface area contributed by atoms with Crippen molar-refractivity contribution in [2.24, 2.45) is 5.14 Å². The fourth-order valence-corrected chi connectivity index (χ4v) is 4.83. The second-order valence-corrected chi connectivity index (χ2v) is 9.12. The first-order valence-corrected chi connectivity index (χ1v) is 10.5. The number of primary sulfonamides is 1. The van der Waals surface area contributed by atoms with Crippen LogP contribution >= 0.6 is 23.5 Å². The molecule has 1 unspecified atom stereocenters. The van der Waals surface area contributed by atoms with Gasteiger partial charge in [0, 0.05) is 16.3 Å². The van der Waals surface area contributed by atoms with E-state index in [0.717, 1.165) is 5.69 Å². The van der Waals surface area contributed by atoms with E-state index in [1.54, 1.807) is 11.8 Å². The van der Waals surface area contributed by atoms with Crippen molar-refractivity contribution in [3.63, 3.8) is 0 Å². The molecule has 1 aliphatic heterocycles. The van der Waals surface area contributed by atoms with E-state index in [4.69, 9.17) is 5.14 Å². The number of sulfonamides is 1. The lowest BCUT2D eigenvalue weighted by Gasteiger charge is -2.10. The number of hydrogen-bond acceptors (Lipinski definition) is 6. The fraction of sp³-hybridized carbons (Fsp3) is 0.133. The fourth-order valence-electron chi connectivity index (χ4n) is 2.11. The molecule has 4 N–H and O–H groups in total. The SMILES string of the molecule is NS(=O)(=O)c1ccc(NC(=O)CSC2Nc3ccccc3S2)cc1. The molecular weight excluding hydrogens is 366 g/mol. The van der Waals surface area contributed by atoms with Crippen LogP contribution in [0.15, 0.2) is 58.3 Å². The number of hydrogen-bond donors (Lipinski definition) is 3. The van der Waals surface area contributed by atoms with Gasteiger partial charge in [-0.1, -0.05) is 23.9 Å². The molecule has 0 aromatic heterocycles. The smallest absolute Gasteiger partial charge is 0.238 e. The molecule has 0 aliphatic carbocycles. The zero-order valence-electron chi connectivity index (χ0n) is 12.4. The van der Waals surface area contributed by atoms with E-state index in [-0.39, 0.29) is 21.3 Å². The minimum Gasteiger partial charge on any atom is -0.364 e. The highest BCUT2D eigenvalue weighted by molar-refractivity contribution is 8.17.